The van der Waals surface area contributed by atoms with Gasteiger partial charge in [-0.05, 0) is 61.4 Å². The zero-order valence-electron chi connectivity index (χ0n) is 16.0. The van der Waals surface area contributed by atoms with E-state index in [0.717, 1.165) is 29.5 Å². The van der Waals surface area contributed by atoms with Gasteiger partial charge in [-0.2, -0.15) is 8.78 Å². The molecule has 1 aromatic heterocycles. The fourth-order valence-electron chi connectivity index (χ4n) is 3.71. The number of pyridine rings is 1. The molecule has 152 valence electrons. The standard InChI is InChI=1S/C22H22F2N2O3/c1-12-10-14(4-8-19(12)29-22(23)24)17(11-15-5-9-20(27)25-15)18-7-6-16(13-2-3-13)21(28)26-18/h4,6-8,10-11,13,15,22H,2-3,5,9H2,1H3,(H,25,27)(H,26,28)/t15-/m1/s1. The Kier molecular flexibility index (Phi) is 5.22. The van der Waals surface area contributed by atoms with Crippen molar-refractivity contribution in [1.29, 1.82) is 0 Å². The van der Waals surface area contributed by atoms with Gasteiger partial charge in [-0.1, -0.05) is 18.2 Å². The molecule has 2 aliphatic rings. The molecule has 0 bridgehead atoms. The second kappa shape index (κ2) is 7.81. The van der Waals surface area contributed by atoms with Crippen LogP contribution in [-0.4, -0.2) is 23.5 Å². The van der Waals surface area contributed by atoms with Crippen molar-refractivity contribution in [3.8, 4) is 5.75 Å². The summed E-state index contributed by atoms with van der Waals surface area (Å²) >= 11 is 0. The molecule has 1 saturated heterocycles. The third-order valence-corrected chi connectivity index (χ3v) is 5.35. The van der Waals surface area contributed by atoms with Crippen LogP contribution in [0.4, 0.5) is 8.78 Å². The van der Waals surface area contributed by atoms with E-state index in [1.54, 1.807) is 19.1 Å². The number of benzene rings is 1. The van der Waals surface area contributed by atoms with E-state index in [4.69, 9.17) is 0 Å². The van der Waals surface area contributed by atoms with Crippen LogP contribution in [0.15, 0.2) is 41.2 Å². The highest BCUT2D eigenvalue weighted by molar-refractivity contribution is 5.82. The minimum atomic E-state index is -2.89. The van der Waals surface area contributed by atoms with E-state index in [1.165, 1.54) is 6.07 Å². The Morgan fingerprint density at radius 2 is 1.97 bits per heavy atom. The van der Waals surface area contributed by atoms with Crippen molar-refractivity contribution in [1.82, 2.24) is 10.3 Å². The summed E-state index contributed by atoms with van der Waals surface area (Å²) in [4.78, 5) is 27.1. The number of aromatic nitrogens is 1. The number of rotatable bonds is 6. The third kappa shape index (κ3) is 4.39. The molecule has 7 heteroatoms. The molecule has 5 nitrogen and oxygen atoms in total. The third-order valence-electron chi connectivity index (χ3n) is 5.35. The smallest absolute Gasteiger partial charge is 0.387 e. The van der Waals surface area contributed by atoms with Gasteiger partial charge >= 0.3 is 6.61 Å². The summed E-state index contributed by atoms with van der Waals surface area (Å²) in [6.45, 7) is -1.20. The number of amides is 1. The summed E-state index contributed by atoms with van der Waals surface area (Å²) in [6.07, 6.45) is 5.09. The van der Waals surface area contributed by atoms with Crippen molar-refractivity contribution in [2.24, 2.45) is 0 Å². The lowest BCUT2D eigenvalue weighted by atomic mass is 9.96. The zero-order valence-corrected chi connectivity index (χ0v) is 16.0. The van der Waals surface area contributed by atoms with E-state index < -0.39 is 6.61 Å². The quantitative estimate of drug-likeness (QED) is 0.773. The Morgan fingerprint density at radius 3 is 2.55 bits per heavy atom. The van der Waals surface area contributed by atoms with Gasteiger partial charge in [-0.25, -0.2) is 0 Å². The van der Waals surface area contributed by atoms with Crippen LogP contribution < -0.4 is 15.6 Å². The second-order valence-electron chi connectivity index (χ2n) is 7.58. The Morgan fingerprint density at radius 1 is 1.17 bits per heavy atom. The number of alkyl halides is 2. The Hall–Kier alpha value is -2.96. The number of H-pyrrole nitrogens is 1. The molecule has 2 fully saturated rings. The summed E-state index contributed by atoms with van der Waals surface area (Å²) < 4.78 is 29.7. The molecule has 1 saturated carbocycles. The maximum atomic E-state index is 12.6. The highest BCUT2D eigenvalue weighted by Crippen LogP contribution is 2.38. The lowest BCUT2D eigenvalue weighted by Gasteiger charge is -2.15. The first-order valence-electron chi connectivity index (χ1n) is 9.71. The molecule has 1 amide bonds. The summed E-state index contributed by atoms with van der Waals surface area (Å²) in [5.74, 6) is 0.428. The van der Waals surface area contributed by atoms with Crippen molar-refractivity contribution in [2.45, 2.75) is 51.2 Å². The molecule has 0 radical (unpaired) electrons. The second-order valence-corrected chi connectivity index (χ2v) is 7.58. The number of halogens is 2. The normalized spacial score (nSPS) is 19.5. The fraction of sp³-hybridized carbons (Fsp3) is 0.364. The van der Waals surface area contributed by atoms with E-state index in [0.29, 0.717) is 30.0 Å². The van der Waals surface area contributed by atoms with E-state index in [2.05, 4.69) is 15.0 Å². The molecule has 1 aromatic carbocycles. The summed E-state index contributed by atoms with van der Waals surface area (Å²) in [5.41, 5.74) is 3.35. The number of hydrogen-bond acceptors (Lipinski definition) is 3. The van der Waals surface area contributed by atoms with Crippen LogP contribution in [0.2, 0.25) is 0 Å². The predicted molar refractivity (Wildman–Crippen MR) is 105 cm³/mol. The molecule has 1 aliphatic carbocycles. The Balaban J connectivity index is 1.74. The van der Waals surface area contributed by atoms with Crippen LogP contribution in [0.1, 0.15) is 54.0 Å². The van der Waals surface area contributed by atoms with Gasteiger partial charge in [0.1, 0.15) is 5.75 Å². The summed E-state index contributed by atoms with van der Waals surface area (Å²) in [5, 5.41) is 2.90. The first-order chi connectivity index (χ1) is 13.9. The summed E-state index contributed by atoms with van der Waals surface area (Å²) in [6, 6.07) is 8.49. The minimum Gasteiger partial charge on any atom is -0.435 e. The highest BCUT2D eigenvalue weighted by Gasteiger charge is 2.27. The molecule has 0 unspecified atom stereocenters. The van der Waals surface area contributed by atoms with Gasteiger partial charge in [0.25, 0.3) is 5.56 Å². The van der Waals surface area contributed by atoms with Crippen LogP contribution in [0.5, 0.6) is 5.75 Å². The molecule has 2 N–H and O–H groups in total. The molecule has 4 rings (SSSR count). The monoisotopic (exact) mass is 400 g/mol. The van der Waals surface area contributed by atoms with Gasteiger partial charge in [0, 0.05) is 29.3 Å². The van der Waals surface area contributed by atoms with Gasteiger partial charge in [0.15, 0.2) is 0 Å². The highest BCUT2D eigenvalue weighted by atomic mass is 19.3. The molecule has 2 heterocycles. The molecular weight excluding hydrogens is 378 g/mol. The Bertz CT molecular complexity index is 1020. The van der Waals surface area contributed by atoms with Gasteiger partial charge in [0.2, 0.25) is 5.91 Å². The van der Waals surface area contributed by atoms with Gasteiger partial charge in [0.05, 0.1) is 0 Å². The average molecular weight is 400 g/mol. The fourth-order valence-corrected chi connectivity index (χ4v) is 3.71. The van der Waals surface area contributed by atoms with Crippen LogP contribution in [0.25, 0.3) is 5.57 Å². The predicted octanol–water partition coefficient (Wildman–Crippen LogP) is 3.87. The maximum Gasteiger partial charge on any atom is 0.387 e. The topological polar surface area (TPSA) is 71.2 Å². The Labute approximate surface area is 166 Å². The van der Waals surface area contributed by atoms with Gasteiger partial charge in [-0.15, -0.1) is 0 Å². The number of aromatic amines is 1. The minimum absolute atomic E-state index is 0.0139. The lowest BCUT2D eigenvalue weighted by Crippen LogP contribution is -2.23. The largest absolute Gasteiger partial charge is 0.435 e. The van der Waals surface area contributed by atoms with Crippen LogP contribution in [0, 0.1) is 6.92 Å². The van der Waals surface area contributed by atoms with E-state index in [9.17, 15) is 18.4 Å². The number of ether oxygens (including phenoxy) is 1. The van der Waals surface area contributed by atoms with E-state index in [-0.39, 0.29) is 23.3 Å². The molecule has 2 aromatic rings. The lowest BCUT2D eigenvalue weighted by molar-refractivity contribution is -0.119. The van der Waals surface area contributed by atoms with E-state index >= 15 is 0 Å². The summed E-state index contributed by atoms with van der Waals surface area (Å²) in [7, 11) is 0. The van der Waals surface area contributed by atoms with Gasteiger partial charge < -0.3 is 15.0 Å². The van der Waals surface area contributed by atoms with Crippen molar-refractivity contribution in [3.63, 3.8) is 0 Å². The van der Waals surface area contributed by atoms with Crippen molar-refractivity contribution >= 4 is 11.5 Å². The molecule has 1 atom stereocenters. The zero-order chi connectivity index (χ0) is 20.5. The molecule has 29 heavy (non-hydrogen) atoms. The molecular formula is C22H22F2N2O3. The first kappa shape index (κ1) is 19.4. The molecule has 1 aliphatic heterocycles. The number of carbonyl (C=O) groups is 1. The van der Waals surface area contributed by atoms with Crippen molar-refractivity contribution < 1.29 is 18.3 Å². The van der Waals surface area contributed by atoms with Crippen molar-refractivity contribution in [2.75, 3.05) is 0 Å². The number of hydrogen-bond donors (Lipinski definition) is 2. The maximum absolute atomic E-state index is 12.6. The van der Waals surface area contributed by atoms with Crippen molar-refractivity contribution in [3.05, 3.63) is 69.1 Å². The van der Waals surface area contributed by atoms with E-state index in [1.807, 2.05) is 18.2 Å². The molecule has 0 spiro atoms. The number of aryl methyl sites for hydroxylation is 1. The van der Waals surface area contributed by atoms with Crippen LogP contribution in [-0.2, 0) is 4.79 Å². The van der Waals surface area contributed by atoms with Crippen LogP contribution >= 0.6 is 0 Å². The number of nitrogens with one attached hydrogen (secondary N) is 2. The first-order valence-corrected chi connectivity index (χ1v) is 9.71. The number of carbonyl (C=O) groups excluding carboxylic acids is 1. The van der Waals surface area contributed by atoms with Gasteiger partial charge in [-0.3, -0.25) is 9.59 Å². The van der Waals surface area contributed by atoms with Crippen LogP contribution in [0.3, 0.4) is 0 Å². The average Bonchev–Trinajstić information content (AvgIpc) is 3.42. The SMILES string of the molecule is Cc1cc(C(=C[C@H]2CCC(=O)N2)c2ccc(C3CC3)c(=O)[nH]2)ccc1OC(F)F.